The molecule has 0 atom stereocenters. The highest BCUT2D eigenvalue weighted by atomic mass is 32.1. The maximum absolute atomic E-state index is 12.0. The maximum Gasteiger partial charge on any atom is 0.306 e. The lowest BCUT2D eigenvalue weighted by Crippen LogP contribution is -2.06. The molecule has 6 nitrogen and oxygen atoms in total. The first kappa shape index (κ1) is 21.0. The summed E-state index contributed by atoms with van der Waals surface area (Å²) in [6, 6.07) is 26.2. The summed E-state index contributed by atoms with van der Waals surface area (Å²) >= 11 is 1.62. The van der Waals surface area contributed by atoms with E-state index in [0.29, 0.717) is 24.6 Å². The highest BCUT2D eigenvalue weighted by molar-refractivity contribution is 7.18. The van der Waals surface area contributed by atoms with E-state index in [1.54, 1.807) is 11.3 Å². The predicted molar refractivity (Wildman–Crippen MR) is 127 cm³/mol. The quantitative estimate of drug-likeness (QED) is 0.283. The number of aryl methyl sites for hydroxylation is 1. The first-order chi connectivity index (χ1) is 16.2. The second-order valence-electron chi connectivity index (χ2n) is 7.57. The van der Waals surface area contributed by atoms with E-state index in [-0.39, 0.29) is 19.0 Å². The Morgan fingerprint density at radius 3 is 2.45 bits per heavy atom. The molecule has 2 heterocycles. The molecule has 3 aromatic carbocycles. The fourth-order valence-corrected chi connectivity index (χ4v) is 4.47. The SMILES string of the molecule is O=C(CCc1nnc(Cc2nc3ccc(-c4ccccc4)cc3s2)o1)OCc1ccccc1. The fraction of sp³-hybridized carbons (Fsp3) is 0.154. The minimum absolute atomic E-state index is 0.192. The summed E-state index contributed by atoms with van der Waals surface area (Å²) in [4.78, 5) is 16.7. The fourth-order valence-electron chi connectivity index (χ4n) is 3.47. The average Bonchev–Trinajstić information content (AvgIpc) is 3.48. The maximum atomic E-state index is 12.0. The van der Waals surface area contributed by atoms with Gasteiger partial charge in [-0.1, -0.05) is 66.7 Å². The van der Waals surface area contributed by atoms with Crippen molar-refractivity contribution in [2.45, 2.75) is 25.9 Å². The van der Waals surface area contributed by atoms with Crippen molar-refractivity contribution < 1.29 is 13.9 Å². The van der Waals surface area contributed by atoms with Crippen molar-refractivity contribution in [3.63, 3.8) is 0 Å². The topological polar surface area (TPSA) is 78.1 Å². The van der Waals surface area contributed by atoms with Gasteiger partial charge < -0.3 is 9.15 Å². The molecule has 0 spiro atoms. The number of fused-ring (bicyclic) bond motifs is 1. The van der Waals surface area contributed by atoms with Gasteiger partial charge in [0.25, 0.3) is 0 Å². The Bertz CT molecular complexity index is 1360. The molecule has 5 rings (SSSR count). The predicted octanol–water partition coefficient (Wildman–Crippen LogP) is 5.61. The number of hydrogen-bond donors (Lipinski definition) is 0. The van der Waals surface area contributed by atoms with Crippen LogP contribution in [0.1, 0.15) is 28.8 Å². The van der Waals surface area contributed by atoms with Gasteiger partial charge in [-0.25, -0.2) is 4.98 Å². The number of carbonyl (C=O) groups excluding carboxylic acids is 1. The lowest BCUT2D eigenvalue weighted by Gasteiger charge is -2.03. The summed E-state index contributed by atoms with van der Waals surface area (Å²) in [7, 11) is 0. The van der Waals surface area contributed by atoms with Gasteiger partial charge in [0.1, 0.15) is 11.6 Å². The third-order valence-electron chi connectivity index (χ3n) is 5.14. The van der Waals surface area contributed by atoms with Gasteiger partial charge in [-0.2, -0.15) is 0 Å². The molecule has 0 N–H and O–H groups in total. The summed E-state index contributed by atoms with van der Waals surface area (Å²) in [6.07, 6.45) is 1.00. The number of nitrogens with zero attached hydrogens (tertiary/aromatic N) is 3. The molecule has 0 bridgehead atoms. The summed E-state index contributed by atoms with van der Waals surface area (Å²) in [5.74, 6) is 0.623. The standard InChI is InChI=1S/C26H21N3O3S/c30-26(31-17-18-7-3-1-4-8-18)14-13-23-28-29-24(32-23)16-25-27-21-12-11-20(15-22(21)33-25)19-9-5-2-6-10-19/h1-12,15H,13-14,16-17H2. The van der Waals surface area contributed by atoms with Crippen LogP contribution in [0, 0.1) is 0 Å². The van der Waals surface area contributed by atoms with Gasteiger partial charge >= 0.3 is 5.97 Å². The van der Waals surface area contributed by atoms with Crippen molar-refractivity contribution in [3.05, 3.63) is 101 Å². The van der Waals surface area contributed by atoms with Gasteiger partial charge in [0.05, 0.1) is 23.1 Å². The third kappa shape index (κ3) is 5.32. The molecule has 0 unspecified atom stereocenters. The third-order valence-corrected chi connectivity index (χ3v) is 6.15. The number of rotatable bonds is 8. The van der Waals surface area contributed by atoms with E-state index in [0.717, 1.165) is 26.4 Å². The zero-order valence-electron chi connectivity index (χ0n) is 17.8. The number of benzene rings is 3. The van der Waals surface area contributed by atoms with E-state index in [4.69, 9.17) is 14.1 Å². The van der Waals surface area contributed by atoms with Gasteiger partial charge in [-0.3, -0.25) is 4.79 Å². The molecule has 0 radical (unpaired) electrons. The highest BCUT2D eigenvalue weighted by Crippen LogP contribution is 2.29. The Balaban J connectivity index is 1.17. The molecule has 0 fully saturated rings. The molecule has 0 aliphatic rings. The lowest BCUT2D eigenvalue weighted by molar-refractivity contribution is -0.145. The first-order valence-electron chi connectivity index (χ1n) is 10.7. The molecular weight excluding hydrogens is 434 g/mol. The molecule has 33 heavy (non-hydrogen) atoms. The van der Waals surface area contributed by atoms with E-state index in [1.165, 1.54) is 5.56 Å². The van der Waals surface area contributed by atoms with Crippen molar-refractivity contribution in [1.29, 1.82) is 0 Å². The van der Waals surface area contributed by atoms with Crippen molar-refractivity contribution in [1.82, 2.24) is 15.2 Å². The number of hydrogen-bond acceptors (Lipinski definition) is 7. The largest absolute Gasteiger partial charge is 0.461 e. The first-order valence-corrected chi connectivity index (χ1v) is 11.5. The van der Waals surface area contributed by atoms with Gasteiger partial charge in [0, 0.05) is 6.42 Å². The minimum atomic E-state index is -0.293. The van der Waals surface area contributed by atoms with E-state index < -0.39 is 0 Å². The average molecular weight is 456 g/mol. The van der Waals surface area contributed by atoms with Crippen LogP contribution in [0.15, 0.2) is 83.3 Å². The number of ether oxygens (including phenoxy) is 1. The van der Waals surface area contributed by atoms with Gasteiger partial charge in [0.15, 0.2) is 0 Å². The van der Waals surface area contributed by atoms with Crippen molar-refractivity contribution >= 4 is 27.5 Å². The number of esters is 1. The molecule has 7 heteroatoms. The van der Waals surface area contributed by atoms with Crippen LogP contribution in [0.4, 0.5) is 0 Å². The molecular formula is C26H21N3O3S. The second kappa shape index (κ2) is 9.75. The van der Waals surface area contributed by atoms with Gasteiger partial charge in [-0.15, -0.1) is 21.5 Å². The van der Waals surface area contributed by atoms with Crippen LogP contribution >= 0.6 is 11.3 Å². The summed E-state index contributed by atoms with van der Waals surface area (Å²) in [5.41, 5.74) is 4.25. The van der Waals surface area contributed by atoms with Gasteiger partial charge in [0.2, 0.25) is 11.8 Å². The smallest absolute Gasteiger partial charge is 0.306 e. The summed E-state index contributed by atoms with van der Waals surface area (Å²) in [6.45, 7) is 0.262. The normalized spacial score (nSPS) is 11.0. The van der Waals surface area contributed by atoms with E-state index in [9.17, 15) is 4.79 Å². The monoisotopic (exact) mass is 455 g/mol. The molecule has 0 saturated heterocycles. The van der Waals surface area contributed by atoms with E-state index in [2.05, 4.69) is 34.5 Å². The molecule has 0 aliphatic carbocycles. The minimum Gasteiger partial charge on any atom is -0.461 e. The van der Waals surface area contributed by atoms with Crippen molar-refractivity contribution in [2.75, 3.05) is 0 Å². The highest BCUT2D eigenvalue weighted by Gasteiger charge is 2.13. The molecule has 0 saturated carbocycles. The summed E-state index contributed by atoms with van der Waals surface area (Å²) < 4.78 is 12.1. The van der Waals surface area contributed by atoms with Crippen molar-refractivity contribution in [2.24, 2.45) is 0 Å². The Morgan fingerprint density at radius 2 is 1.64 bits per heavy atom. The molecule has 2 aromatic heterocycles. The Labute approximate surface area is 194 Å². The van der Waals surface area contributed by atoms with E-state index >= 15 is 0 Å². The van der Waals surface area contributed by atoms with Crippen LogP contribution in [-0.4, -0.2) is 21.2 Å². The number of thiazole rings is 1. The molecule has 0 aliphatic heterocycles. The zero-order chi connectivity index (χ0) is 22.5. The second-order valence-corrected chi connectivity index (χ2v) is 8.68. The van der Waals surface area contributed by atoms with Crippen LogP contribution in [0.2, 0.25) is 0 Å². The van der Waals surface area contributed by atoms with Gasteiger partial charge in [-0.05, 0) is 28.8 Å². The summed E-state index contributed by atoms with van der Waals surface area (Å²) in [5, 5.41) is 9.09. The molecule has 164 valence electrons. The van der Waals surface area contributed by atoms with Crippen LogP contribution in [0.5, 0.6) is 0 Å². The van der Waals surface area contributed by atoms with Crippen LogP contribution in [-0.2, 0) is 29.0 Å². The Hall–Kier alpha value is -3.84. The van der Waals surface area contributed by atoms with E-state index in [1.807, 2.05) is 54.6 Å². The Morgan fingerprint density at radius 1 is 0.879 bits per heavy atom. The Kier molecular flexibility index (Phi) is 6.21. The number of carbonyl (C=O) groups is 1. The van der Waals surface area contributed by atoms with Crippen LogP contribution in [0.3, 0.4) is 0 Å². The number of aromatic nitrogens is 3. The lowest BCUT2D eigenvalue weighted by atomic mass is 10.1. The molecule has 0 amide bonds. The van der Waals surface area contributed by atoms with Crippen LogP contribution < -0.4 is 0 Å². The molecule has 5 aromatic rings. The van der Waals surface area contributed by atoms with Crippen molar-refractivity contribution in [3.8, 4) is 11.1 Å². The zero-order valence-corrected chi connectivity index (χ0v) is 18.6. The van der Waals surface area contributed by atoms with Crippen LogP contribution in [0.25, 0.3) is 21.3 Å².